The number of aromatic amines is 1. The number of hydrogen-bond donors (Lipinski definition) is 1. The molecular weight excluding hydrogens is 266 g/mol. The molecule has 0 aliphatic carbocycles. The highest BCUT2D eigenvalue weighted by molar-refractivity contribution is 5.89. The molecule has 0 amide bonds. The zero-order valence-electron chi connectivity index (χ0n) is 11.7. The monoisotopic (exact) mass is 279 g/mol. The SMILES string of the molecule is COc1ccc2nc(C(C#N)=Cc3ccc(C)o3)[nH]c2c1. The zero-order chi connectivity index (χ0) is 14.8. The summed E-state index contributed by atoms with van der Waals surface area (Å²) in [4.78, 5) is 7.54. The van der Waals surface area contributed by atoms with Crippen molar-refractivity contribution in [3.63, 3.8) is 0 Å². The molecule has 0 unspecified atom stereocenters. The third kappa shape index (κ3) is 2.51. The summed E-state index contributed by atoms with van der Waals surface area (Å²) < 4.78 is 10.6. The maximum absolute atomic E-state index is 9.33. The Bertz CT molecular complexity index is 865. The Hall–Kier alpha value is -3.00. The van der Waals surface area contributed by atoms with E-state index >= 15 is 0 Å². The van der Waals surface area contributed by atoms with E-state index in [9.17, 15) is 5.26 Å². The summed E-state index contributed by atoms with van der Waals surface area (Å²) in [5, 5.41) is 9.33. The molecule has 3 aromatic rings. The first-order valence-electron chi connectivity index (χ1n) is 6.42. The van der Waals surface area contributed by atoms with Gasteiger partial charge in [-0.3, -0.25) is 0 Å². The topological polar surface area (TPSA) is 74.8 Å². The quantitative estimate of drug-likeness (QED) is 0.744. The molecule has 1 N–H and O–H groups in total. The van der Waals surface area contributed by atoms with Crippen molar-refractivity contribution in [3.05, 3.63) is 47.7 Å². The summed E-state index contributed by atoms with van der Waals surface area (Å²) >= 11 is 0. The van der Waals surface area contributed by atoms with Gasteiger partial charge in [-0.1, -0.05) is 0 Å². The molecule has 1 aromatic carbocycles. The van der Waals surface area contributed by atoms with E-state index in [-0.39, 0.29) is 0 Å². The standard InChI is InChI=1S/C16H13N3O2/c1-10-3-4-13(21-10)7-11(9-17)16-18-14-6-5-12(20-2)8-15(14)19-16/h3-8H,1-2H3,(H,18,19). The number of benzene rings is 1. The van der Waals surface area contributed by atoms with Gasteiger partial charge in [0.1, 0.15) is 29.2 Å². The highest BCUT2D eigenvalue weighted by Gasteiger charge is 2.09. The van der Waals surface area contributed by atoms with E-state index in [1.54, 1.807) is 13.2 Å². The molecule has 0 saturated heterocycles. The van der Waals surface area contributed by atoms with Gasteiger partial charge in [-0.05, 0) is 31.2 Å². The number of aromatic nitrogens is 2. The van der Waals surface area contributed by atoms with Crippen LogP contribution in [0.4, 0.5) is 0 Å². The Labute approximate surface area is 121 Å². The number of methoxy groups -OCH3 is 1. The van der Waals surface area contributed by atoms with E-state index in [2.05, 4.69) is 16.0 Å². The number of nitrogens with zero attached hydrogens (tertiary/aromatic N) is 2. The van der Waals surface area contributed by atoms with Crippen molar-refractivity contribution in [2.24, 2.45) is 0 Å². The van der Waals surface area contributed by atoms with Crippen molar-refractivity contribution in [2.45, 2.75) is 6.92 Å². The van der Waals surface area contributed by atoms with Gasteiger partial charge in [-0.25, -0.2) is 4.98 Å². The van der Waals surface area contributed by atoms with Crippen molar-refractivity contribution < 1.29 is 9.15 Å². The molecule has 21 heavy (non-hydrogen) atoms. The first kappa shape index (κ1) is 13.0. The molecule has 0 aliphatic rings. The molecule has 104 valence electrons. The smallest absolute Gasteiger partial charge is 0.149 e. The lowest BCUT2D eigenvalue weighted by Gasteiger charge is -1.96. The summed E-state index contributed by atoms with van der Waals surface area (Å²) in [5.41, 5.74) is 2.02. The number of imidazole rings is 1. The van der Waals surface area contributed by atoms with E-state index in [0.717, 1.165) is 22.5 Å². The van der Waals surface area contributed by atoms with E-state index in [0.29, 0.717) is 17.2 Å². The fourth-order valence-electron chi connectivity index (χ4n) is 2.07. The molecule has 3 rings (SSSR count). The van der Waals surface area contributed by atoms with Crippen molar-refractivity contribution in [1.29, 1.82) is 5.26 Å². The van der Waals surface area contributed by atoms with Crippen molar-refractivity contribution in [1.82, 2.24) is 9.97 Å². The molecule has 0 aliphatic heterocycles. The van der Waals surface area contributed by atoms with Crippen LogP contribution in [0.5, 0.6) is 5.75 Å². The molecule has 5 heteroatoms. The second-order valence-corrected chi connectivity index (χ2v) is 4.59. The van der Waals surface area contributed by atoms with Crippen LogP contribution in [0.15, 0.2) is 34.7 Å². The lowest BCUT2D eigenvalue weighted by atomic mass is 10.2. The van der Waals surface area contributed by atoms with Crippen LogP contribution in [0.2, 0.25) is 0 Å². The molecule has 5 nitrogen and oxygen atoms in total. The number of H-pyrrole nitrogens is 1. The molecule has 0 atom stereocenters. The highest BCUT2D eigenvalue weighted by atomic mass is 16.5. The third-order valence-corrected chi connectivity index (χ3v) is 3.11. The highest BCUT2D eigenvalue weighted by Crippen LogP contribution is 2.23. The van der Waals surface area contributed by atoms with Crippen LogP contribution < -0.4 is 4.74 Å². The van der Waals surface area contributed by atoms with Crippen LogP contribution in [0, 0.1) is 18.3 Å². The number of rotatable bonds is 3. The molecule has 0 fully saturated rings. The number of nitrogens with one attached hydrogen (secondary N) is 1. The van der Waals surface area contributed by atoms with Crippen LogP contribution in [-0.4, -0.2) is 17.1 Å². The maximum atomic E-state index is 9.33. The predicted molar refractivity (Wildman–Crippen MR) is 79.6 cm³/mol. The number of furan rings is 1. The van der Waals surface area contributed by atoms with Gasteiger partial charge in [0.05, 0.1) is 23.7 Å². The Kier molecular flexibility index (Phi) is 3.20. The molecule has 0 radical (unpaired) electrons. The third-order valence-electron chi connectivity index (χ3n) is 3.11. The molecule has 0 saturated carbocycles. The van der Waals surface area contributed by atoms with Gasteiger partial charge in [-0.2, -0.15) is 5.26 Å². The average molecular weight is 279 g/mol. The number of fused-ring (bicyclic) bond motifs is 1. The van der Waals surface area contributed by atoms with E-state index < -0.39 is 0 Å². The van der Waals surface area contributed by atoms with Crippen molar-refractivity contribution >= 4 is 22.7 Å². The number of allylic oxidation sites excluding steroid dienone is 1. The number of hydrogen-bond acceptors (Lipinski definition) is 4. The largest absolute Gasteiger partial charge is 0.497 e. The molecule has 2 heterocycles. The average Bonchev–Trinajstić information content (AvgIpc) is 3.09. The van der Waals surface area contributed by atoms with E-state index in [1.165, 1.54) is 0 Å². The Morgan fingerprint density at radius 1 is 1.38 bits per heavy atom. The number of aryl methyl sites for hydroxylation is 1. The van der Waals surface area contributed by atoms with Crippen molar-refractivity contribution in [3.8, 4) is 11.8 Å². The van der Waals surface area contributed by atoms with Gasteiger partial charge in [0.25, 0.3) is 0 Å². The maximum Gasteiger partial charge on any atom is 0.149 e. The summed E-state index contributed by atoms with van der Waals surface area (Å²) in [5.74, 6) is 2.67. The lowest BCUT2D eigenvalue weighted by Crippen LogP contribution is -1.84. The Balaban J connectivity index is 2.05. The lowest BCUT2D eigenvalue weighted by molar-refractivity contribution is 0.415. The minimum Gasteiger partial charge on any atom is -0.497 e. The molecule has 0 bridgehead atoms. The summed E-state index contributed by atoms with van der Waals surface area (Å²) in [6, 6.07) is 11.3. The van der Waals surface area contributed by atoms with Gasteiger partial charge in [-0.15, -0.1) is 0 Å². The van der Waals surface area contributed by atoms with Gasteiger partial charge in [0.15, 0.2) is 0 Å². The van der Waals surface area contributed by atoms with Crippen LogP contribution in [0.1, 0.15) is 17.3 Å². The Morgan fingerprint density at radius 3 is 2.90 bits per heavy atom. The van der Waals surface area contributed by atoms with Crippen LogP contribution in [-0.2, 0) is 0 Å². The number of ether oxygens (including phenoxy) is 1. The first-order chi connectivity index (χ1) is 10.2. The summed E-state index contributed by atoms with van der Waals surface area (Å²) in [6.45, 7) is 1.86. The second-order valence-electron chi connectivity index (χ2n) is 4.59. The van der Waals surface area contributed by atoms with E-state index in [1.807, 2.05) is 37.3 Å². The molecular formula is C16H13N3O2. The predicted octanol–water partition coefficient (Wildman–Crippen LogP) is 3.54. The zero-order valence-corrected chi connectivity index (χ0v) is 11.7. The Morgan fingerprint density at radius 2 is 2.24 bits per heavy atom. The number of nitriles is 1. The van der Waals surface area contributed by atoms with Crippen molar-refractivity contribution in [2.75, 3.05) is 7.11 Å². The van der Waals surface area contributed by atoms with Gasteiger partial charge >= 0.3 is 0 Å². The van der Waals surface area contributed by atoms with Gasteiger partial charge in [0, 0.05) is 12.1 Å². The normalized spacial score (nSPS) is 11.6. The fraction of sp³-hybridized carbons (Fsp3) is 0.125. The van der Waals surface area contributed by atoms with E-state index in [4.69, 9.17) is 9.15 Å². The van der Waals surface area contributed by atoms with Crippen LogP contribution in [0.25, 0.3) is 22.7 Å². The van der Waals surface area contributed by atoms with Gasteiger partial charge < -0.3 is 14.1 Å². The second kappa shape index (κ2) is 5.17. The first-order valence-corrected chi connectivity index (χ1v) is 6.42. The minimum atomic E-state index is 0.416. The fourth-order valence-corrected chi connectivity index (χ4v) is 2.07. The molecule has 2 aromatic heterocycles. The van der Waals surface area contributed by atoms with Gasteiger partial charge in [0.2, 0.25) is 0 Å². The molecule has 0 spiro atoms. The van der Waals surface area contributed by atoms with Crippen LogP contribution >= 0.6 is 0 Å². The minimum absolute atomic E-state index is 0.416. The summed E-state index contributed by atoms with van der Waals surface area (Å²) in [7, 11) is 1.61. The summed E-state index contributed by atoms with van der Waals surface area (Å²) in [6.07, 6.45) is 1.67. The van der Waals surface area contributed by atoms with Crippen LogP contribution in [0.3, 0.4) is 0 Å².